The molecule has 0 radical (unpaired) electrons. The van der Waals surface area contributed by atoms with E-state index >= 15 is 0 Å². The van der Waals surface area contributed by atoms with Crippen LogP contribution in [-0.4, -0.2) is 36.6 Å². The molecule has 2 aliphatic rings. The van der Waals surface area contributed by atoms with Gasteiger partial charge in [0.2, 0.25) is 0 Å². The molecule has 1 aliphatic heterocycles. The van der Waals surface area contributed by atoms with Gasteiger partial charge in [0.25, 0.3) is 0 Å². The summed E-state index contributed by atoms with van der Waals surface area (Å²) in [5, 5.41) is 0. The van der Waals surface area contributed by atoms with Crippen molar-refractivity contribution >= 4 is 5.97 Å². The highest BCUT2D eigenvalue weighted by Crippen LogP contribution is 2.48. The number of nitrogens with zero attached hydrogens (tertiary/aromatic N) is 1. The van der Waals surface area contributed by atoms with Crippen molar-refractivity contribution < 1.29 is 45.0 Å². The van der Waals surface area contributed by atoms with Gasteiger partial charge in [0.1, 0.15) is 11.4 Å². The maximum absolute atomic E-state index is 14.0. The summed E-state index contributed by atoms with van der Waals surface area (Å²) in [5.41, 5.74) is -1.97. The van der Waals surface area contributed by atoms with Crippen LogP contribution >= 0.6 is 0 Å². The van der Waals surface area contributed by atoms with Gasteiger partial charge < -0.3 is 14.4 Å². The molecule has 0 atom stereocenters. The van der Waals surface area contributed by atoms with Crippen LogP contribution in [0.4, 0.5) is 30.7 Å². The monoisotopic (exact) mass is 651 g/mol. The lowest BCUT2D eigenvalue weighted by molar-refractivity contribution is -0.145. The maximum Gasteiger partial charge on any atom is 0.420 e. The average molecular weight is 652 g/mol. The lowest BCUT2D eigenvalue weighted by Gasteiger charge is -2.45. The van der Waals surface area contributed by atoms with E-state index in [-0.39, 0.29) is 31.0 Å². The molecule has 1 heterocycles. The highest BCUT2D eigenvalue weighted by atomic mass is 19.4. The molecular weight excluding hydrogens is 615 g/mol. The van der Waals surface area contributed by atoms with E-state index in [0.29, 0.717) is 24.8 Å². The molecule has 46 heavy (non-hydrogen) atoms. The minimum atomic E-state index is -5.23. The second-order valence-electron chi connectivity index (χ2n) is 12.2. The molecule has 0 aromatic heterocycles. The minimum absolute atomic E-state index is 0.0530. The molecule has 1 aliphatic carbocycles. The first-order chi connectivity index (χ1) is 21.8. The number of carbonyl (C=O) groups is 1. The Bertz CT molecular complexity index is 1470. The molecule has 4 nitrogen and oxygen atoms in total. The zero-order chi connectivity index (χ0) is 33.1. The summed E-state index contributed by atoms with van der Waals surface area (Å²) in [6.45, 7) is 2.91. The van der Waals surface area contributed by atoms with E-state index in [1.165, 1.54) is 19.1 Å². The number of hydrogen-bond acceptors (Lipinski definition) is 4. The maximum atomic E-state index is 14.0. The summed E-state index contributed by atoms with van der Waals surface area (Å²) in [7, 11) is 0. The number of carbonyl (C=O) groups excluding carboxylic acids is 1. The minimum Gasteiger partial charge on any atom is -0.489 e. The van der Waals surface area contributed by atoms with Gasteiger partial charge in [0, 0.05) is 17.9 Å². The molecule has 11 heteroatoms. The number of likely N-dealkylation sites (tertiary alicyclic amines) is 1. The van der Waals surface area contributed by atoms with E-state index in [9.17, 15) is 35.5 Å². The first kappa shape index (κ1) is 33.8. The molecular formula is C35H36F7NO3. The second kappa shape index (κ2) is 13.6. The average Bonchev–Trinajstić information content (AvgIpc) is 3.04. The third-order valence-corrected chi connectivity index (χ3v) is 9.38. The summed E-state index contributed by atoms with van der Waals surface area (Å²) in [6, 6.07) is 16.6. The van der Waals surface area contributed by atoms with Gasteiger partial charge >= 0.3 is 18.3 Å². The fraction of sp³-hybridized carbons (Fsp3) is 0.457. The van der Waals surface area contributed by atoms with Gasteiger partial charge in [-0.15, -0.1) is 0 Å². The molecule has 2 fully saturated rings. The van der Waals surface area contributed by atoms with Crippen LogP contribution in [-0.2, 0) is 22.6 Å². The topological polar surface area (TPSA) is 38.8 Å². The second-order valence-corrected chi connectivity index (χ2v) is 12.2. The lowest BCUT2D eigenvalue weighted by Crippen LogP contribution is -2.47. The van der Waals surface area contributed by atoms with E-state index in [1.54, 1.807) is 0 Å². The van der Waals surface area contributed by atoms with Crippen molar-refractivity contribution in [3.05, 3.63) is 94.8 Å². The van der Waals surface area contributed by atoms with Crippen LogP contribution in [0.2, 0.25) is 0 Å². The number of alkyl halides is 6. The van der Waals surface area contributed by atoms with E-state index in [2.05, 4.69) is 4.90 Å². The van der Waals surface area contributed by atoms with Gasteiger partial charge in [0.15, 0.2) is 11.5 Å². The summed E-state index contributed by atoms with van der Waals surface area (Å²) >= 11 is 0. The van der Waals surface area contributed by atoms with Gasteiger partial charge in [-0.05, 0) is 92.9 Å². The van der Waals surface area contributed by atoms with Crippen LogP contribution in [0.3, 0.4) is 0 Å². The largest absolute Gasteiger partial charge is 0.489 e. The van der Waals surface area contributed by atoms with E-state index in [4.69, 9.17) is 9.47 Å². The van der Waals surface area contributed by atoms with E-state index < -0.39 is 46.4 Å². The van der Waals surface area contributed by atoms with Crippen LogP contribution < -0.4 is 9.47 Å². The number of benzene rings is 3. The molecule has 0 amide bonds. The van der Waals surface area contributed by atoms with Gasteiger partial charge in [-0.2, -0.15) is 26.3 Å². The molecule has 0 spiro atoms. The molecule has 3 aromatic rings. The van der Waals surface area contributed by atoms with Crippen molar-refractivity contribution in [2.75, 3.05) is 19.7 Å². The smallest absolute Gasteiger partial charge is 0.420 e. The highest BCUT2D eigenvalue weighted by Gasteiger charge is 2.43. The Hall–Kier alpha value is -3.60. The Morgan fingerprint density at radius 3 is 2.07 bits per heavy atom. The number of hydrogen-bond donors (Lipinski definition) is 0. The van der Waals surface area contributed by atoms with E-state index in [0.717, 1.165) is 49.9 Å². The number of halogens is 7. The first-order valence-electron chi connectivity index (χ1n) is 15.5. The Morgan fingerprint density at radius 1 is 0.870 bits per heavy atom. The van der Waals surface area contributed by atoms with Crippen LogP contribution in [0.15, 0.2) is 66.7 Å². The third-order valence-electron chi connectivity index (χ3n) is 9.38. The number of rotatable bonds is 8. The summed E-state index contributed by atoms with van der Waals surface area (Å²) in [4.78, 5) is 14.5. The molecule has 1 saturated heterocycles. The zero-order valence-corrected chi connectivity index (χ0v) is 25.4. The summed E-state index contributed by atoms with van der Waals surface area (Å²) in [5.74, 6) is -2.78. The highest BCUT2D eigenvalue weighted by molar-refractivity contribution is 5.74. The third kappa shape index (κ3) is 7.67. The summed E-state index contributed by atoms with van der Waals surface area (Å²) in [6.07, 6.45) is -6.04. The molecule has 3 aromatic carbocycles. The van der Waals surface area contributed by atoms with Crippen molar-refractivity contribution in [1.29, 1.82) is 0 Å². The molecule has 0 unspecified atom stereocenters. The standard InChI is InChI=1S/C35H36F7NO3/c1-2-31(44)46-32-29(35(40,41)42)20-26(34(37,38)39)21-30(32)45-22-33(25-6-4-3-5-7-25)16-12-28(13-17-33)43-18-14-24(15-19-43)23-8-10-27(36)11-9-23/h3-11,20-21,24,28H,2,12-19,22H2,1H3. The van der Waals surface area contributed by atoms with Crippen molar-refractivity contribution in [3.8, 4) is 11.5 Å². The predicted molar refractivity (Wildman–Crippen MR) is 158 cm³/mol. The van der Waals surface area contributed by atoms with Crippen LogP contribution in [0.1, 0.15) is 80.0 Å². The van der Waals surface area contributed by atoms with Crippen LogP contribution in [0.5, 0.6) is 11.5 Å². The molecule has 0 N–H and O–H groups in total. The normalized spacial score (nSPS) is 21.6. The number of esters is 1. The van der Waals surface area contributed by atoms with Gasteiger partial charge in [0.05, 0.1) is 12.2 Å². The Labute approximate surface area is 263 Å². The van der Waals surface area contributed by atoms with Crippen LogP contribution in [0.25, 0.3) is 0 Å². The van der Waals surface area contributed by atoms with Gasteiger partial charge in [-0.25, -0.2) is 4.39 Å². The predicted octanol–water partition coefficient (Wildman–Crippen LogP) is 9.32. The Balaban J connectivity index is 1.37. The van der Waals surface area contributed by atoms with E-state index in [1.807, 2.05) is 42.5 Å². The Morgan fingerprint density at radius 2 is 1.50 bits per heavy atom. The SMILES string of the molecule is CCC(=O)Oc1c(OCC2(c3ccccc3)CCC(N3CCC(c4ccc(F)cc4)CC3)CC2)cc(C(F)(F)F)cc1C(F)(F)F. The van der Waals surface area contributed by atoms with Crippen LogP contribution in [0, 0.1) is 5.82 Å². The fourth-order valence-electron chi connectivity index (χ4n) is 6.75. The fourth-order valence-corrected chi connectivity index (χ4v) is 6.75. The van der Waals surface area contributed by atoms with Crippen molar-refractivity contribution in [3.63, 3.8) is 0 Å². The molecule has 248 valence electrons. The van der Waals surface area contributed by atoms with Gasteiger partial charge in [-0.1, -0.05) is 49.4 Å². The quantitative estimate of drug-likeness (QED) is 0.138. The van der Waals surface area contributed by atoms with Gasteiger partial charge in [-0.3, -0.25) is 4.79 Å². The lowest BCUT2D eigenvalue weighted by atomic mass is 9.68. The molecule has 0 bridgehead atoms. The first-order valence-corrected chi connectivity index (χ1v) is 15.5. The molecule has 1 saturated carbocycles. The van der Waals surface area contributed by atoms with Crippen molar-refractivity contribution in [2.24, 2.45) is 0 Å². The van der Waals surface area contributed by atoms with Crippen molar-refractivity contribution in [2.45, 2.75) is 81.6 Å². The Kier molecular flexibility index (Phi) is 10.0. The molecule has 5 rings (SSSR count). The number of piperidine rings is 1. The van der Waals surface area contributed by atoms with Crippen molar-refractivity contribution in [1.82, 2.24) is 4.90 Å². The number of ether oxygens (including phenoxy) is 2. The zero-order valence-electron chi connectivity index (χ0n) is 25.4. The summed E-state index contributed by atoms with van der Waals surface area (Å²) < 4.78 is 107.